The summed E-state index contributed by atoms with van der Waals surface area (Å²) in [6.45, 7) is 0. The summed E-state index contributed by atoms with van der Waals surface area (Å²) in [7, 11) is -3.37. The predicted octanol–water partition coefficient (Wildman–Crippen LogP) is 4.99. The molecule has 0 aliphatic carbocycles. The fourth-order valence-corrected chi connectivity index (χ4v) is 4.11. The summed E-state index contributed by atoms with van der Waals surface area (Å²) in [5, 5.41) is 3.16. The Morgan fingerprint density at radius 3 is 2.44 bits per heavy atom. The minimum atomic E-state index is -3.37. The first-order chi connectivity index (χ1) is 15.2. The Morgan fingerprint density at radius 1 is 1.09 bits per heavy atom. The van der Waals surface area contributed by atoms with Crippen molar-refractivity contribution in [2.75, 3.05) is 11.6 Å². The van der Waals surface area contributed by atoms with E-state index in [-0.39, 0.29) is 23.1 Å². The molecule has 164 valence electrons. The van der Waals surface area contributed by atoms with Gasteiger partial charge in [-0.3, -0.25) is 10.1 Å². The molecule has 0 bridgehead atoms. The zero-order chi connectivity index (χ0) is 22.9. The van der Waals surface area contributed by atoms with Crippen molar-refractivity contribution in [1.82, 2.24) is 4.98 Å². The Kier molecular flexibility index (Phi) is 5.99. The molecule has 0 aliphatic rings. The highest BCUT2D eigenvalue weighted by molar-refractivity contribution is 7.90. The number of hydrogen-bond donors (Lipinski definition) is 1. The molecule has 1 N–H and O–H groups in total. The molecule has 0 saturated carbocycles. The van der Waals surface area contributed by atoms with Gasteiger partial charge in [-0.05, 0) is 60.0 Å². The van der Waals surface area contributed by atoms with Gasteiger partial charge in [0.2, 0.25) is 5.91 Å². The number of hydrogen-bond acceptors (Lipinski definition) is 5. The molecule has 0 fully saturated rings. The van der Waals surface area contributed by atoms with Crippen LogP contribution in [0, 0.1) is 5.82 Å². The molecule has 1 unspecified atom stereocenters. The van der Waals surface area contributed by atoms with Gasteiger partial charge in [-0.15, -0.1) is 0 Å². The summed E-state index contributed by atoms with van der Waals surface area (Å²) >= 11 is 5.97. The van der Waals surface area contributed by atoms with Crippen LogP contribution >= 0.6 is 11.6 Å². The van der Waals surface area contributed by atoms with Crippen LogP contribution in [-0.2, 0) is 21.1 Å². The van der Waals surface area contributed by atoms with Crippen LogP contribution in [0.4, 0.5) is 10.4 Å². The Hall–Kier alpha value is -3.23. The van der Waals surface area contributed by atoms with Gasteiger partial charge in [-0.1, -0.05) is 35.9 Å². The first kappa shape index (κ1) is 22.0. The van der Waals surface area contributed by atoms with Crippen molar-refractivity contribution in [3.8, 4) is 0 Å². The van der Waals surface area contributed by atoms with Gasteiger partial charge in [0, 0.05) is 11.3 Å². The molecule has 0 aliphatic heterocycles. The van der Waals surface area contributed by atoms with E-state index in [1.54, 1.807) is 42.5 Å². The lowest BCUT2D eigenvalue weighted by Gasteiger charge is -2.17. The van der Waals surface area contributed by atoms with E-state index in [0.29, 0.717) is 21.7 Å². The number of carbonyl (C=O) groups excluding carboxylic acids is 1. The van der Waals surface area contributed by atoms with E-state index in [4.69, 9.17) is 16.0 Å². The molecule has 32 heavy (non-hydrogen) atoms. The third-order valence-corrected chi connectivity index (χ3v) is 6.32. The lowest BCUT2D eigenvalue weighted by molar-refractivity contribution is -0.117. The van der Waals surface area contributed by atoms with Crippen LogP contribution in [0.1, 0.15) is 17.0 Å². The summed E-state index contributed by atoms with van der Waals surface area (Å²) in [5.74, 6) is -1.48. The molecule has 0 spiro atoms. The maximum atomic E-state index is 13.3. The molecule has 1 aromatic heterocycles. The number of oxazole rings is 1. The van der Waals surface area contributed by atoms with Crippen molar-refractivity contribution in [1.29, 1.82) is 0 Å². The topological polar surface area (TPSA) is 89.3 Å². The van der Waals surface area contributed by atoms with Crippen molar-refractivity contribution in [3.05, 3.63) is 88.7 Å². The van der Waals surface area contributed by atoms with Crippen LogP contribution < -0.4 is 5.32 Å². The quantitative estimate of drug-likeness (QED) is 0.427. The fourth-order valence-electron chi connectivity index (χ4n) is 3.31. The molecule has 0 saturated heterocycles. The fraction of sp³-hybridized carbons (Fsp3) is 0.130. The van der Waals surface area contributed by atoms with Gasteiger partial charge >= 0.3 is 6.01 Å². The Morgan fingerprint density at radius 2 is 1.78 bits per heavy atom. The van der Waals surface area contributed by atoms with E-state index < -0.39 is 21.7 Å². The number of amides is 1. The van der Waals surface area contributed by atoms with E-state index >= 15 is 0 Å². The number of benzene rings is 3. The average molecular weight is 473 g/mol. The molecule has 1 amide bonds. The highest BCUT2D eigenvalue weighted by Gasteiger charge is 2.24. The molecule has 1 heterocycles. The SMILES string of the molecule is CS(=O)(=O)c1ccc(C(Cc2ccc(F)cc2)C(=O)Nc2nc3cc(Cl)ccc3o2)cc1. The van der Waals surface area contributed by atoms with Gasteiger partial charge < -0.3 is 4.42 Å². The third-order valence-electron chi connectivity index (χ3n) is 4.96. The smallest absolute Gasteiger partial charge is 0.302 e. The van der Waals surface area contributed by atoms with E-state index in [1.807, 2.05) is 0 Å². The maximum absolute atomic E-state index is 13.3. The highest BCUT2D eigenvalue weighted by Crippen LogP contribution is 2.27. The molecule has 4 aromatic rings. The van der Waals surface area contributed by atoms with Crippen molar-refractivity contribution >= 4 is 44.5 Å². The maximum Gasteiger partial charge on any atom is 0.302 e. The minimum Gasteiger partial charge on any atom is -0.423 e. The first-order valence-electron chi connectivity index (χ1n) is 9.60. The number of anilines is 1. The number of carbonyl (C=O) groups is 1. The van der Waals surface area contributed by atoms with Crippen LogP contribution in [0.15, 0.2) is 76.0 Å². The molecule has 1 atom stereocenters. The zero-order valence-corrected chi connectivity index (χ0v) is 18.5. The summed E-state index contributed by atoms with van der Waals surface area (Å²) in [5.41, 5.74) is 2.30. The highest BCUT2D eigenvalue weighted by atomic mass is 35.5. The Balaban J connectivity index is 1.65. The van der Waals surface area contributed by atoms with E-state index in [9.17, 15) is 17.6 Å². The van der Waals surface area contributed by atoms with Gasteiger partial charge in [0.1, 0.15) is 11.3 Å². The van der Waals surface area contributed by atoms with E-state index in [1.165, 1.54) is 24.3 Å². The lowest BCUT2D eigenvalue weighted by atomic mass is 9.91. The van der Waals surface area contributed by atoms with Crippen molar-refractivity contribution in [2.24, 2.45) is 0 Å². The molecule has 4 rings (SSSR count). The van der Waals surface area contributed by atoms with Gasteiger partial charge in [0.25, 0.3) is 0 Å². The standard InChI is InChI=1S/C23H18ClFN2O4S/c1-32(29,30)18-9-4-15(5-10-18)19(12-14-2-7-17(25)8-3-14)22(28)27-23-26-20-13-16(24)6-11-21(20)31-23/h2-11,13,19H,12H2,1H3,(H,26,27,28). The van der Waals surface area contributed by atoms with Crippen LogP contribution in [-0.4, -0.2) is 25.6 Å². The minimum absolute atomic E-state index is 0.0177. The predicted molar refractivity (Wildman–Crippen MR) is 120 cm³/mol. The van der Waals surface area contributed by atoms with Crippen LogP contribution in [0.3, 0.4) is 0 Å². The number of fused-ring (bicyclic) bond motifs is 1. The van der Waals surface area contributed by atoms with Crippen LogP contribution in [0.5, 0.6) is 0 Å². The second-order valence-electron chi connectivity index (χ2n) is 7.34. The monoisotopic (exact) mass is 472 g/mol. The number of aromatic nitrogens is 1. The number of nitrogens with one attached hydrogen (secondary N) is 1. The lowest BCUT2D eigenvalue weighted by Crippen LogP contribution is -2.23. The number of nitrogens with zero attached hydrogens (tertiary/aromatic N) is 1. The molecular weight excluding hydrogens is 455 g/mol. The summed E-state index contributed by atoms with van der Waals surface area (Å²) in [4.78, 5) is 17.6. The van der Waals surface area contributed by atoms with Crippen LogP contribution in [0.25, 0.3) is 11.1 Å². The van der Waals surface area contributed by atoms with Crippen LogP contribution in [0.2, 0.25) is 5.02 Å². The van der Waals surface area contributed by atoms with Gasteiger partial charge in [-0.25, -0.2) is 12.8 Å². The molecule has 3 aromatic carbocycles. The first-order valence-corrected chi connectivity index (χ1v) is 11.9. The Labute approximate surface area is 189 Å². The van der Waals surface area contributed by atoms with Crippen molar-refractivity contribution < 1.29 is 22.0 Å². The Bertz CT molecular complexity index is 1380. The average Bonchev–Trinajstić information content (AvgIpc) is 3.14. The summed E-state index contributed by atoms with van der Waals surface area (Å²) in [6, 6.07) is 16.9. The summed E-state index contributed by atoms with van der Waals surface area (Å²) < 4.78 is 42.4. The third kappa shape index (κ3) is 4.98. The van der Waals surface area contributed by atoms with Gasteiger partial charge in [-0.2, -0.15) is 4.98 Å². The molecule has 0 radical (unpaired) electrons. The number of sulfone groups is 1. The molecular formula is C23H18ClFN2O4S. The number of halogens is 2. The normalized spacial score (nSPS) is 12.6. The van der Waals surface area contributed by atoms with E-state index in [2.05, 4.69) is 10.3 Å². The van der Waals surface area contributed by atoms with Gasteiger partial charge in [0.15, 0.2) is 15.4 Å². The van der Waals surface area contributed by atoms with E-state index in [0.717, 1.165) is 11.8 Å². The molecule has 9 heteroatoms. The van der Waals surface area contributed by atoms with Crippen molar-refractivity contribution in [3.63, 3.8) is 0 Å². The molecule has 6 nitrogen and oxygen atoms in total. The van der Waals surface area contributed by atoms with Gasteiger partial charge in [0.05, 0.1) is 10.8 Å². The largest absolute Gasteiger partial charge is 0.423 e. The second kappa shape index (κ2) is 8.72. The second-order valence-corrected chi connectivity index (χ2v) is 9.80. The number of rotatable bonds is 6. The zero-order valence-electron chi connectivity index (χ0n) is 16.9. The summed E-state index contributed by atoms with van der Waals surface area (Å²) in [6.07, 6.45) is 1.38. The van der Waals surface area contributed by atoms with Crippen molar-refractivity contribution in [2.45, 2.75) is 17.2 Å².